The molecule has 0 spiro atoms. The third-order valence-corrected chi connectivity index (χ3v) is 3.60. The predicted octanol–water partition coefficient (Wildman–Crippen LogP) is 1.99. The first-order chi connectivity index (χ1) is 8.67. The van der Waals surface area contributed by atoms with Crippen molar-refractivity contribution in [1.29, 1.82) is 0 Å². The van der Waals surface area contributed by atoms with Crippen molar-refractivity contribution in [1.82, 2.24) is 5.32 Å². The lowest BCUT2D eigenvalue weighted by molar-refractivity contribution is -0.124. The van der Waals surface area contributed by atoms with E-state index in [4.69, 9.17) is 10.9 Å². The number of nitrogens with two attached hydrogens (primary N) is 1. The molecular formula is C13H25N3O2. The lowest BCUT2D eigenvalue weighted by Gasteiger charge is -2.13. The number of amides is 1. The zero-order chi connectivity index (χ0) is 13.4. The summed E-state index contributed by atoms with van der Waals surface area (Å²) in [5, 5.41) is 14.5. The van der Waals surface area contributed by atoms with Crippen LogP contribution in [0.5, 0.6) is 0 Å². The van der Waals surface area contributed by atoms with Gasteiger partial charge in [0.1, 0.15) is 5.41 Å². The zero-order valence-electron chi connectivity index (χ0n) is 11.2. The van der Waals surface area contributed by atoms with E-state index in [1.165, 1.54) is 25.7 Å². The summed E-state index contributed by atoms with van der Waals surface area (Å²) < 4.78 is 0. The summed E-state index contributed by atoms with van der Waals surface area (Å²) >= 11 is 0. The average molecular weight is 255 g/mol. The van der Waals surface area contributed by atoms with Gasteiger partial charge in [0.2, 0.25) is 5.91 Å². The Morgan fingerprint density at radius 2 is 1.89 bits per heavy atom. The van der Waals surface area contributed by atoms with Gasteiger partial charge in [-0.2, -0.15) is 0 Å². The molecule has 1 amide bonds. The molecule has 0 aromatic carbocycles. The molecule has 0 radical (unpaired) electrons. The van der Waals surface area contributed by atoms with Crippen LogP contribution in [0.4, 0.5) is 0 Å². The Labute approximate surface area is 109 Å². The van der Waals surface area contributed by atoms with Crippen LogP contribution in [-0.4, -0.2) is 23.5 Å². The number of oxime groups is 1. The van der Waals surface area contributed by atoms with E-state index in [9.17, 15) is 4.79 Å². The highest BCUT2D eigenvalue weighted by Crippen LogP contribution is 2.45. The van der Waals surface area contributed by atoms with Gasteiger partial charge in [0.15, 0.2) is 5.84 Å². The van der Waals surface area contributed by atoms with Gasteiger partial charge in [-0.25, -0.2) is 0 Å². The molecule has 0 saturated heterocycles. The Kier molecular flexibility index (Phi) is 5.95. The average Bonchev–Trinajstić information content (AvgIpc) is 3.18. The van der Waals surface area contributed by atoms with Gasteiger partial charge in [-0.05, 0) is 19.3 Å². The fourth-order valence-corrected chi connectivity index (χ4v) is 2.10. The van der Waals surface area contributed by atoms with Crippen LogP contribution in [0.25, 0.3) is 0 Å². The fourth-order valence-electron chi connectivity index (χ4n) is 2.10. The van der Waals surface area contributed by atoms with Crippen LogP contribution in [-0.2, 0) is 4.79 Å². The largest absolute Gasteiger partial charge is 0.409 e. The molecule has 0 heterocycles. The van der Waals surface area contributed by atoms with Crippen LogP contribution in [0, 0.1) is 5.41 Å². The van der Waals surface area contributed by atoms with Crippen molar-refractivity contribution in [2.75, 3.05) is 6.54 Å². The van der Waals surface area contributed by atoms with E-state index >= 15 is 0 Å². The van der Waals surface area contributed by atoms with Crippen LogP contribution in [0.1, 0.15) is 58.3 Å². The van der Waals surface area contributed by atoms with Gasteiger partial charge in [0.25, 0.3) is 0 Å². The van der Waals surface area contributed by atoms with Crippen LogP contribution < -0.4 is 11.1 Å². The summed E-state index contributed by atoms with van der Waals surface area (Å²) in [6.45, 7) is 2.88. The smallest absolute Gasteiger partial charge is 0.233 e. The number of carbonyl (C=O) groups is 1. The van der Waals surface area contributed by atoms with Gasteiger partial charge in [-0.3, -0.25) is 4.79 Å². The SMILES string of the molecule is CCCCCCCCNC(=O)C1(C(N)=NO)CC1. The third-order valence-electron chi connectivity index (χ3n) is 3.60. The first kappa shape index (κ1) is 14.8. The molecular weight excluding hydrogens is 230 g/mol. The normalized spacial score (nSPS) is 17.5. The maximum atomic E-state index is 11.9. The summed E-state index contributed by atoms with van der Waals surface area (Å²) in [6, 6.07) is 0. The van der Waals surface area contributed by atoms with Crippen molar-refractivity contribution >= 4 is 11.7 Å². The zero-order valence-corrected chi connectivity index (χ0v) is 11.2. The Hall–Kier alpha value is -1.26. The molecule has 5 heteroatoms. The number of nitrogens with one attached hydrogen (secondary N) is 1. The Balaban J connectivity index is 2.11. The van der Waals surface area contributed by atoms with Gasteiger partial charge in [0, 0.05) is 6.54 Å². The molecule has 1 saturated carbocycles. The molecule has 1 aliphatic carbocycles. The number of amidine groups is 1. The minimum atomic E-state index is -0.711. The second-order valence-electron chi connectivity index (χ2n) is 5.09. The van der Waals surface area contributed by atoms with Gasteiger partial charge < -0.3 is 16.3 Å². The second-order valence-corrected chi connectivity index (χ2v) is 5.09. The van der Waals surface area contributed by atoms with E-state index in [0.29, 0.717) is 19.4 Å². The van der Waals surface area contributed by atoms with E-state index in [1.54, 1.807) is 0 Å². The molecule has 0 aromatic heterocycles. The van der Waals surface area contributed by atoms with E-state index in [-0.39, 0.29) is 11.7 Å². The van der Waals surface area contributed by atoms with Gasteiger partial charge >= 0.3 is 0 Å². The molecule has 1 fully saturated rings. The number of nitrogens with zero attached hydrogens (tertiary/aromatic N) is 1. The monoisotopic (exact) mass is 255 g/mol. The number of hydrogen-bond donors (Lipinski definition) is 3. The maximum absolute atomic E-state index is 11.9. The van der Waals surface area contributed by atoms with Crippen LogP contribution >= 0.6 is 0 Å². The van der Waals surface area contributed by atoms with Gasteiger partial charge in [0.05, 0.1) is 0 Å². The number of unbranched alkanes of at least 4 members (excludes halogenated alkanes) is 5. The summed E-state index contributed by atoms with van der Waals surface area (Å²) in [5.74, 6) is -0.0469. The number of hydrogen-bond acceptors (Lipinski definition) is 3. The predicted molar refractivity (Wildman–Crippen MR) is 71.5 cm³/mol. The molecule has 1 aliphatic rings. The van der Waals surface area contributed by atoms with Gasteiger partial charge in [-0.1, -0.05) is 44.2 Å². The van der Waals surface area contributed by atoms with E-state index < -0.39 is 5.41 Å². The summed E-state index contributed by atoms with van der Waals surface area (Å²) in [4.78, 5) is 11.9. The Bertz CT molecular complexity index is 299. The first-order valence-electron chi connectivity index (χ1n) is 6.93. The van der Waals surface area contributed by atoms with Crippen molar-refractivity contribution in [2.45, 2.75) is 58.3 Å². The first-order valence-corrected chi connectivity index (χ1v) is 6.93. The summed E-state index contributed by atoms with van der Waals surface area (Å²) in [6.07, 6.45) is 8.57. The Morgan fingerprint density at radius 1 is 1.28 bits per heavy atom. The highest BCUT2D eigenvalue weighted by Gasteiger charge is 2.53. The Morgan fingerprint density at radius 3 is 2.44 bits per heavy atom. The third kappa shape index (κ3) is 3.89. The van der Waals surface area contributed by atoms with E-state index in [1.807, 2.05) is 0 Å². The molecule has 0 aliphatic heterocycles. The van der Waals surface area contributed by atoms with Crippen LogP contribution in [0.2, 0.25) is 0 Å². The van der Waals surface area contributed by atoms with E-state index in [0.717, 1.165) is 12.8 Å². The second kappa shape index (κ2) is 7.24. The standard InChI is InChI=1S/C13H25N3O2/c1-2-3-4-5-6-7-10-15-12(17)13(8-9-13)11(14)16-18/h18H,2-10H2,1H3,(H2,14,16)(H,15,17). The van der Waals surface area contributed by atoms with Crippen LogP contribution in [0.3, 0.4) is 0 Å². The number of carbonyl (C=O) groups excluding carboxylic acids is 1. The van der Waals surface area contributed by atoms with E-state index in [2.05, 4.69) is 17.4 Å². The highest BCUT2D eigenvalue weighted by atomic mass is 16.4. The lowest BCUT2D eigenvalue weighted by Crippen LogP contribution is -2.41. The molecule has 18 heavy (non-hydrogen) atoms. The molecule has 0 aromatic rings. The summed E-state index contributed by atoms with van der Waals surface area (Å²) in [7, 11) is 0. The molecule has 0 unspecified atom stereocenters. The lowest BCUT2D eigenvalue weighted by atomic mass is 10.1. The molecule has 0 bridgehead atoms. The van der Waals surface area contributed by atoms with Crippen molar-refractivity contribution in [3.8, 4) is 0 Å². The van der Waals surface area contributed by atoms with Crippen molar-refractivity contribution in [2.24, 2.45) is 16.3 Å². The van der Waals surface area contributed by atoms with Gasteiger partial charge in [-0.15, -0.1) is 0 Å². The molecule has 1 rings (SSSR count). The maximum Gasteiger partial charge on any atom is 0.233 e. The van der Waals surface area contributed by atoms with Crippen molar-refractivity contribution < 1.29 is 10.0 Å². The van der Waals surface area contributed by atoms with Crippen molar-refractivity contribution in [3.63, 3.8) is 0 Å². The molecule has 5 nitrogen and oxygen atoms in total. The molecule has 0 atom stereocenters. The fraction of sp³-hybridized carbons (Fsp3) is 0.846. The summed E-state index contributed by atoms with van der Waals surface area (Å²) in [5.41, 5.74) is 4.83. The topological polar surface area (TPSA) is 87.7 Å². The molecule has 104 valence electrons. The molecule has 4 N–H and O–H groups in total. The minimum Gasteiger partial charge on any atom is -0.409 e. The number of rotatable bonds is 9. The van der Waals surface area contributed by atoms with Crippen LogP contribution in [0.15, 0.2) is 5.16 Å². The highest BCUT2D eigenvalue weighted by molar-refractivity contribution is 6.09. The minimum absolute atomic E-state index is 0.0444. The van der Waals surface area contributed by atoms with Crippen molar-refractivity contribution in [3.05, 3.63) is 0 Å². The quantitative estimate of drug-likeness (QED) is 0.193.